The van der Waals surface area contributed by atoms with Gasteiger partial charge in [-0.25, -0.2) is 0 Å². The Kier molecular flexibility index (Phi) is 9.57. The summed E-state index contributed by atoms with van der Waals surface area (Å²) in [6.07, 6.45) is 7.89. The average Bonchev–Trinajstić information content (AvgIpc) is 3.61. The molecule has 0 spiro atoms. The number of Topliss-reactive ketones (excluding diaryl/α,β-unsaturated/α-hetero) is 1. The fraction of sp³-hybridized carbons (Fsp3) is 0.419. The maximum absolute atomic E-state index is 13.0. The van der Waals surface area contributed by atoms with Gasteiger partial charge in [0, 0.05) is 39.5 Å². The highest BCUT2D eigenvalue weighted by Gasteiger charge is 2.37. The number of anilines is 1. The molecule has 2 aromatic heterocycles. The zero-order valence-electron chi connectivity index (χ0n) is 23.0. The minimum absolute atomic E-state index is 0.0951. The molecule has 2 aliphatic carbocycles. The number of hydrogen-bond acceptors (Lipinski definition) is 8. The van der Waals surface area contributed by atoms with Crippen molar-refractivity contribution < 1.29 is 9.59 Å². The van der Waals surface area contributed by atoms with Gasteiger partial charge in [-0.05, 0) is 73.4 Å². The molecular formula is C31H31Br2N5O2S2. The van der Waals surface area contributed by atoms with E-state index in [1.54, 1.807) is 11.3 Å². The van der Waals surface area contributed by atoms with Crippen LogP contribution < -0.4 is 5.32 Å². The maximum Gasteiger partial charge on any atom is 0.230 e. The molecular weight excluding hydrogens is 698 g/mol. The van der Waals surface area contributed by atoms with E-state index in [4.69, 9.17) is 0 Å². The number of ketones is 1. The molecule has 2 fully saturated rings. The lowest BCUT2D eigenvalue weighted by Gasteiger charge is -2.35. The molecule has 6 rings (SSSR count). The Morgan fingerprint density at radius 1 is 0.810 bits per heavy atom. The lowest BCUT2D eigenvalue weighted by atomic mass is 9.69. The van der Waals surface area contributed by atoms with Gasteiger partial charge in [0.05, 0.1) is 6.42 Å². The van der Waals surface area contributed by atoms with Crippen LogP contribution in [0.3, 0.4) is 0 Å². The van der Waals surface area contributed by atoms with Gasteiger partial charge in [-0.15, -0.1) is 31.7 Å². The van der Waals surface area contributed by atoms with Gasteiger partial charge >= 0.3 is 0 Å². The van der Waals surface area contributed by atoms with Crippen molar-refractivity contribution in [2.24, 2.45) is 11.8 Å². The van der Waals surface area contributed by atoms with E-state index >= 15 is 0 Å². The number of nitrogens with zero attached hydrogens (tertiary/aromatic N) is 4. The minimum atomic E-state index is -0.0951. The summed E-state index contributed by atoms with van der Waals surface area (Å²) in [6.45, 7) is 0. The molecule has 2 unspecified atom stereocenters. The van der Waals surface area contributed by atoms with Crippen molar-refractivity contribution in [3.05, 3.63) is 83.6 Å². The molecule has 11 heteroatoms. The number of halogens is 2. The van der Waals surface area contributed by atoms with Gasteiger partial charge < -0.3 is 5.32 Å². The van der Waals surface area contributed by atoms with E-state index < -0.39 is 0 Å². The second-order valence-electron chi connectivity index (χ2n) is 11.3. The second-order valence-corrected chi connectivity index (χ2v) is 15.2. The number of amides is 1. The molecule has 4 atom stereocenters. The van der Waals surface area contributed by atoms with Crippen molar-refractivity contribution in [2.75, 3.05) is 5.32 Å². The topological polar surface area (TPSA) is 97.7 Å². The van der Waals surface area contributed by atoms with Gasteiger partial charge in [-0.2, -0.15) is 0 Å². The maximum atomic E-state index is 13.0. The van der Waals surface area contributed by atoms with E-state index in [9.17, 15) is 9.59 Å². The monoisotopic (exact) mass is 727 g/mol. The number of nitrogens with one attached hydrogen (secondary N) is 1. The SMILES string of the molecule is O=C(Cc1cccc(Br)c1)Nc1nnc([C@H]2CCC[C@H](c3nnc(CC4CCC4C(=O)Cc4cccc(Br)c4)s3)C2)s1. The van der Waals surface area contributed by atoms with E-state index in [-0.39, 0.29) is 11.8 Å². The Bertz CT molecular complexity index is 1570. The summed E-state index contributed by atoms with van der Waals surface area (Å²) in [7, 11) is 0. The summed E-state index contributed by atoms with van der Waals surface area (Å²) in [4.78, 5) is 25.6. The van der Waals surface area contributed by atoms with Crippen LogP contribution in [0.4, 0.5) is 5.13 Å². The third-order valence-corrected chi connectivity index (χ3v) is 11.4. The fourth-order valence-electron chi connectivity index (χ4n) is 6.04. The summed E-state index contributed by atoms with van der Waals surface area (Å²) in [5.74, 6) is 1.38. The molecule has 218 valence electrons. The number of benzene rings is 2. The zero-order chi connectivity index (χ0) is 29.1. The van der Waals surface area contributed by atoms with Crippen LogP contribution in [0.5, 0.6) is 0 Å². The third-order valence-electron chi connectivity index (χ3n) is 8.33. The normalized spacial score (nSPS) is 22.0. The predicted octanol–water partition coefficient (Wildman–Crippen LogP) is 7.92. The first-order chi connectivity index (χ1) is 20.4. The van der Waals surface area contributed by atoms with E-state index in [0.717, 1.165) is 80.0 Å². The molecule has 1 N–H and O–H groups in total. The number of aromatic nitrogens is 4. The molecule has 2 aliphatic rings. The Labute approximate surface area is 270 Å². The number of rotatable bonds is 10. The first-order valence-corrected chi connectivity index (χ1v) is 17.6. The highest BCUT2D eigenvalue weighted by molar-refractivity contribution is 9.10. The van der Waals surface area contributed by atoms with Gasteiger partial charge in [0.2, 0.25) is 11.0 Å². The van der Waals surface area contributed by atoms with Crippen molar-refractivity contribution in [2.45, 2.75) is 69.6 Å². The summed E-state index contributed by atoms with van der Waals surface area (Å²) in [5, 5.41) is 24.4. The molecule has 0 saturated heterocycles. The number of carbonyl (C=O) groups excluding carboxylic acids is 2. The Morgan fingerprint density at radius 2 is 1.48 bits per heavy atom. The first-order valence-electron chi connectivity index (χ1n) is 14.4. The molecule has 4 aromatic rings. The Hall–Kier alpha value is -2.34. The lowest BCUT2D eigenvalue weighted by Crippen LogP contribution is -2.35. The van der Waals surface area contributed by atoms with Crippen molar-refractivity contribution >= 4 is 71.4 Å². The summed E-state index contributed by atoms with van der Waals surface area (Å²) in [5.41, 5.74) is 2.01. The zero-order valence-corrected chi connectivity index (χ0v) is 27.8. The van der Waals surface area contributed by atoms with Crippen LogP contribution in [0.15, 0.2) is 57.5 Å². The number of hydrogen-bond donors (Lipinski definition) is 1. The van der Waals surface area contributed by atoms with Gasteiger partial charge in [0.25, 0.3) is 0 Å². The quantitative estimate of drug-likeness (QED) is 0.178. The fourth-order valence-corrected chi connectivity index (χ4v) is 8.92. The molecule has 7 nitrogen and oxygen atoms in total. The first kappa shape index (κ1) is 29.7. The average molecular weight is 730 g/mol. The van der Waals surface area contributed by atoms with Crippen LogP contribution in [0.2, 0.25) is 0 Å². The van der Waals surface area contributed by atoms with Crippen molar-refractivity contribution in [1.82, 2.24) is 20.4 Å². The number of carbonyl (C=O) groups is 2. The van der Waals surface area contributed by atoms with Crippen LogP contribution in [-0.4, -0.2) is 32.1 Å². The highest BCUT2D eigenvalue weighted by Crippen LogP contribution is 2.44. The molecule has 1 amide bonds. The molecule has 42 heavy (non-hydrogen) atoms. The van der Waals surface area contributed by atoms with Crippen molar-refractivity contribution in [3.63, 3.8) is 0 Å². The molecule has 0 aliphatic heterocycles. The molecule has 0 radical (unpaired) electrons. The minimum Gasteiger partial charge on any atom is -0.300 e. The molecule has 2 heterocycles. The van der Waals surface area contributed by atoms with Crippen LogP contribution >= 0.6 is 54.5 Å². The molecule has 2 saturated carbocycles. The highest BCUT2D eigenvalue weighted by atomic mass is 79.9. The smallest absolute Gasteiger partial charge is 0.230 e. The van der Waals surface area contributed by atoms with Crippen LogP contribution in [0.1, 0.15) is 76.5 Å². The Balaban J connectivity index is 1.01. The van der Waals surface area contributed by atoms with Crippen LogP contribution in [0.25, 0.3) is 0 Å². The van der Waals surface area contributed by atoms with E-state index in [0.29, 0.717) is 41.5 Å². The van der Waals surface area contributed by atoms with Crippen LogP contribution in [-0.2, 0) is 28.9 Å². The standard InChI is InChI=1S/C31H31Br2N5O2S2/c32-23-8-1-4-18(12-23)14-26(39)25-11-10-20(25)17-28-35-36-29(41-28)21-6-3-7-22(16-21)30-37-38-31(42-30)34-27(40)15-19-5-2-9-24(33)13-19/h1-2,4-5,8-9,12-13,20-22,25H,3,6-7,10-11,14-17H2,(H,34,38,40)/t20?,21-,22-,25?/m0/s1. The Morgan fingerprint density at radius 3 is 2.14 bits per heavy atom. The largest absolute Gasteiger partial charge is 0.300 e. The van der Waals surface area contributed by atoms with Crippen molar-refractivity contribution in [3.8, 4) is 0 Å². The van der Waals surface area contributed by atoms with Crippen molar-refractivity contribution in [1.29, 1.82) is 0 Å². The molecule has 0 bridgehead atoms. The summed E-state index contributed by atoms with van der Waals surface area (Å²) < 4.78 is 1.96. The van der Waals surface area contributed by atoms with Crippen LogP contribution in [0, 0.1) is 11.8 Å². The van der Waals surface area contributed by atoms with E-state index in [1.165, 1.54) is 11.3 Å². The lowest BCUT2D eigenvalue weighted by molar-refractivity contribution is -0.127. The van der Waals surface area contributed by atoms with Gasteiger partial charge in [0.1, 0.15) is 20.8 Å². The summed E-state index contributed by atoms with van der Waals surface area (Å²) >= 11 is 10.1. The second kappa shape index (κ2) is 13.5. The predicted molar refractivity (Wildman–Crippen MR) is 173 cm³/mol. The van der Waals surface area contributed by atoms with E-state index in [1.807, 2.05) is 48.5 Å². The molecule has 2 aromatic carbocycles. The van der Waals surface area contributed by atoms with Gasteiger partial charge in [0.15, 0.2) is 0 Å². The van der Waals surface area contributed by atoms with Gasteiger partial charge in [-0.1, -0.05) is 73.9 Å². The summed E-state index contributed by atoms with van der Waals surface area (Å²) in [6, 6.07) is 15.8. The van der Waals surface area contributed by atoms with E-state index in [2.05, 4.69) is 57.6 Å². The third kappa shape index (κ3) is 7.41. The van der Waals surface area contributed by atoms with Gasteiger partial charge in [-0.3, -0.25) is 9.59 Å².